The van der Waals surface area contributed by atoms with Crippen LogP contribution < -0.4 is 41.7 Å². The second-order valence-corrected chi connectivity index (χ2v) is 32.2. The summed E-state index contributed by atoms with van der Waals surface area (Å²) in [6.45, 7) is 17.5. The number of anilines is 8. The number of benzene rings is 3. The molecular weight excluding hydrogens is 1570 g/mol. The van der Waals surface area contributed by atoms with Crippen molar-refractivity contribution in [3.05, 3.63) is 144 Å². The number of fused-ring (bicyclic) bond motifs is 4. The zero-order chi connectivity index (χ0) is 86.0. The molecule has 0 unspecified atom stereocenters. The Morgan fingerprint density at radius 2 is 0.805 bits per heavy atom. The van der Waals surface area contributed by atoms with Gasteiger partial charge in [0.1, 0.15) is 26.2 Å². The quantitative estimate of drug-likeness (QED) is 0.0135. The Balaban J connectivity index is 0.000000143. The lowest BCUT2D eigenvalue weighted by molar-refractivity contribution is -0.138. The van der Waals surface area contributed by atoms with Gasteiger partial charge in [0.05, 0.1) is 51.7 Å². The van der Waals surface area contributed by atoms with Crippen LogP contribution in [0.2, 0.25) is 0 Å². The van der Waals surface area contributed by atoms with Crippen LogP contribution in [0, 0.1) is 5.92 Å². The molecule has 0 atom stereocenters. The summed E-state index contributed by atoms with van der Waals surface area (Å²) in [5.41, 5.74) is 11.1. The zero-order valence-electron chi connectivity index (χ0n) is 70.5. The van der Waals surface area contributed by atoms with Crippen molar-refractivity contribution in [1.82, 2.24) is 78.1 Å². The number of nitrogens with zero attached hydrogens (tertiary/aromatic N) is 18. The van der Waals surface area contributed by atoms with Crippen LogP contribution in [0.25, 0.3) is 44.7 Å². The third-order valence-corrected chi connectivity index (χ3v) is 22.6. The predicted octanol–water partition coefficient (Wildman–Crippen LogP) is 13.6. The lowest BCUT2D eigenvalue weighted by atomic mass is 9.84. The molecule has 16 rings (SSSR count). The first kappa shape index (κ1) is 88.3. The SMILES string of the molecule is C=CCNc1nc(NCCCCC)nc2c1ncn2CC(=O)O.CC(C)CCNc1nc(NCc2ccc(C3CCCCC3)cc2)nc2c1ncn2CC(=O)O.O=C(O)Cn1cnc2c(N3CCOCC3)nc(NC(=O)c3ccc(C4CCCCC4)cc3)nc21.O=C(O)Cn1cnc2c(N3CCOCC3)nc(NCc3ccc(C4CCCCC4)cc3)nc21. The summed E-state index contributed by atoms with van der Waals surface area (Å²) in [6.07, 6.45) is 31.4. The number of carboxylic acids is 4. The Morgan fingerprint density at radius 1 is 0.439 bits per heavy atom. The second kappa shape index (κ2) is 43.8. The smallest absolute Gasteiger partial charge is 0.323 e. The molecule has 11 aromatic rings. The van der Waals surface area contributed by atoms with E-state index in [1.807, 2.05) is 29.2 Å². The predicted molar refractivity (Wildman–Crippen MR) is 472 cm³/mol. The maximum absolute atomic E-state index is 13.0. The van der Waals surface area contributed by atoms with Crippen molar-refractivity contribution in [2.24, 2.45) is 5.92 Å². The highest BCUT2D eigenvalue weighted by atomic mass is 16.5. The molecule has 5 fully saturated rings. The lowest BCUT2D eigenvalue weighted by Crippen LogP contribution is -2.37. The maximum atomic E-state index is 13.0. The van der Waals surface area contributed by atoms with Gasteiger partial charge in [-0.25, -0.2) is 19.9 Å². The summed E-state index contributed by atoms with van der Waals surface area (Å²) in [7, 11) is 0. The number of aromatic nitrogens is 16. The van der Waals surface area contributed by atoms with Crippen LogP contribution in [-0.2, 0) is 67.9 Å². The number of ether oxygens (including phenoxy) is 2. The van der Waals surface area contributed by atoms with Crippen molar-refractivity contribution >= 4 is 122 Å². The molecule has 652 valence electrons. The van der Waals surface area contributed by atoms with Crippen LogP contribution in [0.4, 0.5) is 47.1 Å². The minimum atomic E-state index is -1.01. The normalized spacial score (nSPS) is 15.3. The summed E-state index contributed by atoms with van der Waals surface area (Å²) in [5, 5.41) is 55.8. The summed E-state index contributed by atoms with van der Waals surface area (Å²) < 4.78 is 16.9. The van der Waals surface area contributed by atoms with E-state index in [0.29, 0.717) is 187 Å². The first-order chi connectivity index (χ1) is 59.9. The van der Waals surface area contributed by atoms with Crippen molar-refractivity contribution in [2.45, 2.75) is 200 Å². The van der Waals surface area contributed by atoms with Gasteiger partial charge < -0.3 is 84.6 Å². The molecule has 35 heteroatoms. The van der Waals surface area contributed by atoms with E-state index >= 15 is 0 Å². The fourth-order valence-corrected chi connectivity index (χ4v) is 16.1. The third kappa shape index (κ3) is 24.4. The number of amides is 1. The van der Waals surface area contributed by atoms with Gasteiger partial charge in [0.15, 0.2) is 67.9 Å². The topological polar surface area (TPSA) is 438 Å². The lowest BCUT2D eigenvalue weighted by Gasteiger charge is -2.28. The summed E-state index contributed by atoms with van der Waals surface area (Å²) in [5.74, 6) is 2.35. The number of imidazole rings is 4. The molecule has 3 saturated carbocycles. The van der Waals surface area contributed by atoms with Crippen molar-refractivity contribution < 1.29 is 53.9 Å². The number of nitrogens with one attached hydrogen (secondary N) is 6. The van der Waals surface area contributed by atoms with E-state index < -0.39 is 23.9 Å². The third-order valence-electron chi connectivity index (χ3n) is 22.6. The van der Waals surface area contributed by atoms with E-state index in [1.54, 1.807) is 10.6 Å². The Kier molecular flexibility index (Phi) is 31.4. The molecule has 123 heavy (non-hydrogen) atoms. The molecule has 2 aliphatic heterocycles. The van der Waals surface area contributed by atoms with Crippen LogP contribution in [0.5, 0.6) is 0 Å². The molecule has 10 N–H and O–H groups in total. The van der Waals surface area contributed by atoms with E-state index in [0.717, 1.165) is 49.9 Å². The molecule has 3 aromatic carbocycles. The number of aliphatic carboxylic acids is 4. The molecule has 0 bridgehead atoms. The van der Waals surface area contributed by atoms with Crippen LogP contribution >= 0.6 is 0 Å². The number of carbonyl (C=O) groups excluding carboxylic acids is 1. The van der Waals surface area contributed by atoms with E-state index in [-0.39, 0.29) is 38.0 Å². The fourth-order valence-electron chi connectivity index (χ4n) is 16.1. The second-order valence-electron chi connectivity index (χ2n) is 32.2. The summed E-state index contributed by atoms with van der Waals surface area (Å²) in [4.78, 5) is 116. The number of unbranched alkanes of at least 4 members (excludes halogenated alkanes) is 2. The molecule has 0 radical (unpaired) electrons. The minimum absolute atomic E-state index is 0.113. The molecule has 8 aromatic heterocycles. The molecular formula is C88H114N24O11. The van der Waals surface area contributed by atoms with Crippen LogP contribution in [0.1, 0.15) is 199 Å². The average Bonchev–Trinajstić information content (AvgIpc) is 1.66. The number of rotatable bonds is 33. The number of carbonyl (C=O) groups is 5. The van der Waals surface area contributed by atoms with Crippen molar-refractivity contribution in [3.8, 4) is 0 Å². The fraction of sp³-hybridized carbons (Fsp3) is 0.489. The molecule has 3 aliphatic carbocycles. The van der Waals surface area contributed by atoms with Gasteiger partial charge in [-0.05, 0) is 115 Å². The average molecular weight is 1680 g/mol. The Morgan fingerprint density at radius 3 is 1.20 bits per heavy atom. The Labute approximate surface area is 713 Å². The number of morpholine rings is 2. The largest absolute Gasteiger partial charge is 0.480 e. The van der Waals surface area contributed by atoms with E-state index in [2.05, 4.69) is 168 Å². The Bertz CT molecular complexity index is 5330. The molecule has 5 aliphatic rings. The van der Waals surface area contributed by atoms with Crippen molar-refractivity contribution in [1.29, 1.82) is 0 Å². The van der Waals surface area contributed by atoms with Gasteiger partial charge in [0.25, 0.3) is 5.91 Å². The van der Waals surface area contributed by atoms with Gasteiger partial charge >= 0.3 is 23.9 Å². The number of carboxylic acid groups (broad SMARTS) is 4. The van der Waals surface area contributed by atoms with Crippen LogP contribution in [-0.4, -0.2) is 201 Å². The maximum Gasteiger partial charge on any atom is 0.323 e. The van der Waals surface area contributed by atoms with Gasteiger partial charge in [-0.2, -0.15) is 39.9 Å². The minimum Gasteiger partial charge on any atom is -0.480 e. The first-order valence-electron chi connectivity index (χ1n) is 43.2. The molecule has 35 nitrogen and oxygen atoms in total. The van der Waals surface area contributed by atoms with E-state index in [1.165, 1.54) is 152 Å². The highest BCUT2D eigenvalue weighted by Crippen LogP contribution is 2.37. The molecule has 1 amide bonds. The Hall–Kier alpha value is -12.5. The van der Waals surface area contributed by atoms with Crippen LogP contribution in [0.15, 0.2) is 111 Å². The van der Waals surface area contributed by atoms with Gasteiger partial charge in [-0.3, -0.25) is 29.3 Å². The summed E-state index contributed by atoms with van der Waals surface area (Å²) in [6, 6.07) is 25.4. The van der Waals surface area contributed by atoms with E-state index in [4.69, 9.17) is 19.6 Å². The van der Waals surface area contributed by atoms with Gasteiger partial charge in [0, 0.05) is 64.5 Å². The van der Waals surface area contributed by atoms with Crippen LogP contribution in [0.3, 0.4) is 0 Å². The first-order valence-corrected chi connectivity index (χ1v) is 43.2. The standard InChI is InChI=1S/C25H34N6O2.C24H28N6O4.C24H30N6O3.C15H22N6O2/c1-17(2)12-13-26-23-22-24(31(16-28-22)15-21(32)33)30-25(29-23)27-14-18-8-10-20(11-9-18)19-6-4-3-5-7-19;31-19(32)14-30-15-25-20-21(29-10-12-34-13-11-29)26-24(27-22(20)30)28-23(33)18-8-6-17(7-9-18)16-4-2-1-3-5-16;31-20(32)15-30-16-26-21-22(29-10-12-33-13-11-29)27-24(28-23(21)30)25-14-17-6-8-19(9-7-17)18-4-2-1-3-5-18;1-3-5-6-8-17-15-19-13(16-7-4-2)12-14(20-15)21(10-18-12)9-11(22)23/h8-11,16-17,19H,3-7,12-15H2,1-2H3,(H,32,33)(H2,26,27,29,30);6-9,15-16H,1-5,10-14H2,(H,31,32)(H,26,27,28,33);6-9,16,18H,1-5,10-15H2,(H,31,32)(H,25,27,28);4,10H,2-3,5-9H2,1H3,(H,22,23)(H2,16,17,19,20). The zero-order valence-corrected chi connectivity index (χ0v) is 70.5. The van der Waals surface area contributed by atoms with Gasteiger partial charge in [-0.15, -0.1) is 6.58 Å². The van der Waals surface area contributed by atoms with Crippen molar-refractivity contribution in [2.75, 3.05) is 114 Å². The number of hydrogen-bond donors (Lipinski definition) is 10. The highest BCUT2D eigenvalue weighted by molar-refractivity contribution is 6.04. The highest BCUT2D eigenvalue weighted by Gasteiger charge is 2.27. The molecule has 10 heterocycles. The van der Waals surface area contributed by atoms with E-state index in [9.17, 15) is 39.3 Å². The van der Waals surface area contributed by atoms with Gasteiger partial charge in [-0.1, -0.05) is 158 Å². The van der Waals surface area contributed by atoms with Gasteiger partial charge in [0.2, 0.25) is 23.8 Å². The molecule has 0 spiro atoms. The monoisotopic (exact) mass is 1680 g/mol. The molecule has 2 saturated heterocycles. The summed E-state index contributed by atoms with van der Waals surface area (Å²) >= 11 is 0. The van der Waals surface area contributed by atoms with Crippen molar-refractivity contribution in [3.63, 3.8) is 0 Å². The number of hydrogen-bond acceptors (Lipinski definition) is 26.